The van der Waals surface area contributed by atoms with Crippen molar-refractivity contribution in [3.8, 4) is 11.5 Å². The van der Waals surface area contributed by atoms with Crippen LogP contribution in [0.2, 0.25) is 0 Å². The summed E-state index contributed by atoms with van der Waals surface area (Å²) in [5.74, 6) is -1.21. The number of ether oxygens (including phenoxy) is 2. The van der Waals surface area contributed by atoms with E-state index in [9.17, 15) is 18.0 Å². The molecule has 0 aliphatic carbocycles. The number of carboxylic acid groups (broad SMARTS) is 2. The molecule has 1 rings (SSSR count). The van der Waals surface area contributed by atoms with Crippen molar-refractivity contribution in [2.45, 2.75) is 4.90 Å². The monoisotopic (exact) mass is 278 g/mol. The van der Waals surface area contributed by atoms with Gasteiger partial charge in [0.1, 0.15) is 0 Å². The Hall–Kier alpha value is -2.33. The van der Waals surface area contributed by atoms with Crippen molar-refractivity contribution >= 4 is 22.4 Å². The Morgan fingerprint density at radius 2 is 1.50 bits per heavy atom. The maximum atomic E-state index is 10.8. The maximum Gasteiger partial charge on any atom is 0.511 e. The quantitative estimate of drug-likeness (QED) is 0.419. The summed E-state index contributed by atoms with van der Waals surface area (Å²) in [6, 6.07) is 2.26. The summed E-state index contributed by atoms with van der Waals surface area (Å²) >= 11 is 0. The molecule has 0 amide bonds. The van der Waals surface area contributed by atoms with Crippen molar-refractivity contribution in [1.29, 1.82) is 0 Å². The molecular weight excluding hydrogens is 272 g/mol. The Labute approximate surface area is 99.9 Å². The third-order valence-electron chi connectivity index (χ3n) is 1.61. The lowest BCUT2D eigenvalue weighted by Crippen LogP contribution is -2.09. The third kappa shape index (κ3) is 3.61. The lowest BCUT2D eigenvalue weighted by molar-refractivity contribution is 0.132. The number of benzene rings is 1. The van der Waals surface area contributed by atoms with E-state index in [0.29, 0.717) is 6.07 Å². The molecule has 0 bridgehead atoms. The highest BCUT2D eigenvalue weighted by atomic mass is 32.2. The van der Waals surface area contributed by atoms with Crippen LogP contribution in [0.3, 0.4) is 0 Å². The first-order valence-electron chi connectivity index (χ1n) is 4.13. The van der Waals surface area contributed by atoms with Gasteiger partial charge in [0.15, 0.2) is 11.5 Å². The molecule has 0 unspecified atom stereocenters. The highest BCUT2D eigenvalue weighted by Gasteiger charge is 2.18. The van der Waals surface area contributed by atoms with Crippen LogP contribution in [0.15, 0.2) is 23.1 Å². The second-order valence-corrected chi connectivity index (χ2v) is 4.24. The highest BCUT2D eigenvalue weighted by Crippen LogP contribution is 2.30. The van der Waals surface area contributed by atoms with Crippen LogP contribution in [-0.4, -0.2) is 35.5 Å². The topological polar surface area (TPSA) is 147 Å². The molecule has 0 atom stereocenters. The molecule has 0 saturated heterocycles. The van der Waals surface area contributed by atoms with Gasteiger partial charge in [-0.2, -0.15) is 8.42 Å². The Morgan fingerprint density at radius 1 is 1.00 bits per heavy atom. The van der Waals surface area contributed by atoms with E-state index >= 15 is 0 Å². The SMILES string of the molecule is O=C(O)Oc1ccc(S(=O)(=O)O)cc1OC(=O)O. The molecule has 0 heterocycles. The minimum atomic E-state index is -4.58. The van der Waals surface area contributed by atoms with Crippen molar-refractivity contribution in [1.82, 2.24) is 0 Å². The molecule has 1 aromatic carbocycles. The predicted molar refractivity (Wildman–Crippen MR) is 53.6 cm³/mol. The normalized spacial score (nSPS) is 10.7. The molecule has 98 valence electrons. The summed E-state index contributed by atoms with van der Waals surface area (Å²) in [5.41, 5.74) is 0. The van der Waals surface area contributed by atoms with Gasteiger partial charge in [0.05, 0.1) is 4.90 Å². The summed E-state index contributed by atoms with van der Waals surface area (Å²) in [4.78, 5) is 20.0. The van der Waals surface area contributed by atoms with Crippen molar-refractivity contribution < 1.29 is 42.2 Å². The molecule has 1 aromatic rings. The number of carbonyl (C=O) groups is 2. The van der Waals surface area contributed by atoms with E-state index in [0.717, 1.165) is 12.1 Å². The lowest BCUT2D eigenvalue weighted by atomic mass is 10.3. The van der Waals surface area contributed by atoms with Crippen LogP contribution in [0.4, 0.5) is 9.59 Å². The van der Waals surface area contributed by atoms with E-state index in [2.05, 4.69) is 9.47 Å². The molecule has 10 heteroatoms. The van der Waals surface area contributed by atoms with E-state index < -0.39 is 38.8 Å². The van der Waals surface area contributed by atoms with Gasteiger partial charge >= 0.3 is 12.3 Å². The Kier molecular flexibility index (Phi) is 3.73. The van der Waals surface area contributed by atoms with E-state index in [1.165, 1.54) is 0 Å². The van der Waals surface area contributed by atoms with Crippen LogP contribution in [0.25, 0.3) is 0 Å². The number of rotatable bonds is 3. The summed E-state index contributed by atoms with van der Waals surface area (Å²) in [5, 5.41) is 16.7. The van der Waals surface area contributed by atoms with Crippen LogP contribution >= 0.6 is 0 Å². The minimum absolute atomic E-state index is 0.530. The Bertz CT molecular complexity index is 589. The van der Waals surface area contributed by atoms with Crippen LogP contribution < -0.4 is 9.47 Å². The molecule has 0 saturated carbocycles. The van der Waals surface area contributed by atoms with Gasteiger partial charge in [-0.1, -0.05) is 0 Å². The fraction of sp³-hybridized carbons (Fsp3) is 0. The zero-order valence-corrected chi connectivity index (χ0v) is 9.25. The number of hydrogen-bond acceptors (Lipinski definition) is 6. The smallest absolute Gasteiger partial charge is 0.449 e. The molecule has 0 radical (unpaired) electrons. The predicted octanol–water partition coefficient (Wildman–Crippen LogP) is 1.05. The van der Waals surface area contributed by atoms with Gasteiger partial charge < -0.3 is 19.7 Å². The Balaban J connectivity index is 3.28. The number of hydrogen-bond donors (Lipinski definition) is 3. The molecular formula is C8H6O9S. The van der Waals surface area contributed by atoms with Gasteiger partial charge in [-0.3, -0.25) is 4.55 Å². The van der Waals surface area contributed by atoms with Gasteiger partial charge in [0, 0.05) is 6.07 Å². The van der Waals surface area contributed by atoms with Crippen molar-refractivity contribution in [2.24, 2.45) is 0 Å². The fourth-order valence-electron chi connectivity index (χ4n) is 1.00. The van der Waals surface area contributed by atoms with Gasteiger partial charge in [-0.25, -0.2) is 9.59 Å². The molecule has 0 fully saturated rings. The molecule has 18 heavy (non-hydrogen) atoms. The van der Waals surface area contributed by atoms with Crippen LogP contribution in [0, 0.1) is 0 Å². The van der Waals surface area contributed by atoms with E-state index in [1.807, 2.05) is 0 Å². The average molecular weight is 278 g/mol. The second-order valence-electron chi connectivity index (χ2n) is 2.82. The van der Waals surface area contributed by atoms with E-state index in [4.69, 9.17) is 14.8 Å². The van der Waals surface area contributed by atoms with Crippen LogP contribution in [0.1, 0.15) is 0 Å². The minimum Gasteiger partial charge on any atom is -0.449 e. The van der Waals surface area contributed by atoms with Crippen LogP contribution in [-0.2, 0) is 10.1 Å². The van der Waals surface area contributed by atoms with Crippen molar-refractivity contribution in [3.63, 3.8) is 0 Å². The van der Waals surface area contributed by atoms with Crippen molar-refractivity contribution in [2.75, 3.05) is 0 Å². The van der Waals surface area contributed by atoms with E-state index in [-0.39, 0.29) is 0 Å². The molecule has 0 aromatic heterocycles. The van der Waals surface area contributed by atoms with Crippen LogP contribution in [0.5, 0.6) is 11.5 Å². The Morgan fingerprint density at radius 3 is 1.94 bits per heavy atom. The first-order valence-corrected chi connectivity index (χ1v) is 5.57. The maximum absolute atomic E-state index is 10.8. The first kappa shape index (κ1) is 13.7. The summed E-state index contributed by atoms with van der Waals surface area (Å²) < 4.78 is 38.6. The molecule has 3 N–H and O–H groups in total. The molecule has 9 nitrogen and oxygen atoms in total. The summed E-state index contributed by atoms with van der Waals surface area (Å²) in [6.07, 6.45) is -3.55. The summed E-state index contributed by atoms with van der Waals surface area (Å²) in [6.45, 7) is 0. The molecule has 0 spiro atoms. The highest BCUT2D eigenvalue weighted by molar-refractivity contribution is 7.85. The average Bonchev–Trinajstić information content (AvgIpc) is 2.17. The second kappa shape index (κ2) is 4.89. The molecule has 0 aliphatic heterocycles. The third-order valence-corrected chi connectivity index (χ3v) is 2.46. The van der Waals surface area contributed by atoms with Gasteiger partial charge in [0.25, 0.3) is 10.1 Å². The fourth-order valence-corrected chi connectivity index (χ4v) is 1.50. The first-order chi connectivity index (χ1) is 8.20. The van der Waals surface area contributed by atoms with E-state index in [1.54, 1.807) is 0 Å². The zero-order valence-electron chi connectivity index (χ0n) is 8.43. The lowest BCUT2D eigenvalue weighted by Gasteiger charge is -2.07. The molecule has 0 aliphatic rings. The van der Waals surface area contributed by atoms with Gasteiger partial charge in [-0.05, 0) is 12.1 Å². The zero-order chi connectivity index (χ0) is 13.9. The van der Waals surface area contributed by atoms with Crippen molar-refractivity contribution in [3.05, 3.63) is 18.2 Å². The standard InChI is InChI=1S/C8H6O9S/c9-7(10)16-5-2-1-4(18(13,14)15)3-6(5)17-8(11)12/h1-3H,(H,9,10)(H,11,12)(H,13,14,15). The largest absolute Gasteiger partial charge is 0.511 e. The van der Waals surface area contributed by atoms with Gasteiger partial charge in [0.2, 0.25) is 0 Å². The summed E-state index contributed by atoms with van der Waals surface area (Å²) in [7, 11) is -4.58. The van der Waals surface area contributed by atoms with Gasteiger partial charge in [-0.15, -0.1) is 0 Å².